The van der Waals surface area contributed by atoms with E-state index in [1.54, 1.807) is 18.5 Å². The number of methoxy groups -OCH3 is 1. The van der Waals surface area contributed by atoms with Gasteiger partial charge in [-0.15, -0.1) is 24.8 Å². The highest BCUT2D eigenvalue weighted by Gasteiger charge is 2.23. The summed E-state index contributed by atoms with van der Waals surface area (Å²) in [7, 11) is 1.44. The number of pyridine rings is 1. The third-order valence-corrected chi connectivity index (χ3v) is 7.91. The number of benzene rings is 1. The summed E-state index contributed by atoms with van der Waals surface area (Å²) in [5.74, 6) is 1.82. The Kier molecular flexibility index (Phi) is 12.9. The monoisotopic (exact) mass is 656 g/mol. The predicted octanol–water partition coefficient (Wildman–Crippen LogP) is 6.18. The van der Waals surface area contributed by atoms with E-state index in [2.05, 4.69) is 19.8 Å². The number of rotatable bonds is 8. The predicted molar refractivity (Wildman–Crippen MR) is 170 cm³/mol. The molecule has 0 unspecified atom stereocenters. The van der Waals surface area contributed by atoms with Crippen molar-refractivity contribution in [1.82, 2.24) is 19.9 Å². The zero-order valence-electron chi connectivity index (χ0n) is 23.4. The Hall–Kier alpha value is -2.40. The van der Waals surface area contributed by atoms with Crippen LogP contribution in [-0.2, 0) is 16.1 Å². The second kappa shape index (κ2) is 15.9. The third-order valence-electron chi connectivity index (χ3n) is 7.48. The van der Waals surface area contributed by atoms with Crippen LogP contribution in [0.25, 0.3) is 11.3 Å². The first kappa shape index (κ1) is 34.1. The molecule has 0 amide bonds. The number of hydrogen-bond donors (Lipinski definition) is 1. The van der Waals surface area contributed by atoms with Crippen molar-refractivity contribution in [3.63, 3.8) is 0 Å². The number of esters is 1. The van der Waals surface area contributed by atoms with Crippen molar-refractivity contribution in [3.8, 4) is 22.9 Å². The first-order valence-corrected chi connectivity index (χ1v) is 14.4. The molecule has 0 spiro atoms. The first-order valence-electron chi connectivity index (χ1n) is 13.6. The van der Waals surface area contributed by atoms with E-state index in [4.69, 9.17) is 43.4 Å². The molecule has 42 heavy (non-hydrogen) atoms. The van der Waals surface area contributed by atoms with Crippen LogP contribution in [0.1, 0.15) is 37.7 Å². The lowest BCUT2D eigenvalue weighted by atomic mass is 9.93. The smallest absolute Gasteiger partial charge is 0.305 e. The molecule has 2 aliphatic rings. The van der Waals surface area contributed by atoms with Crippen molar-refractivity contribution in [2.24, 2.45) is 11.7 Å². The molecule has 0 saturated carbocycles. The minimum atomic E-state index is -0.142. The number of anilines is 1. The molecule has 13 heteroatoms. The molecular weight excluding hydrogens is 622 g/mol. The standard InChI is InChI=1S/C29H34Cl2N6O3.2ClH/c1-39-28(38)12-19-2-6-36(7-3-19)18-20-10-26(21-13-22(30)15-23(31)14-21)35-27(11-20)40-25-16-33-29(34-17-25)37-8-4-24(32)5-9-37;;/h10-11,13-17,19,24H,2-9,12,18,32H2,1H3;2*1H. The quantitative estimate of drug-likeness (QED) is 0.284. The Labute approximate surface area is 268 Å². The fourth-order valence-electron chi connectivity index (χ4n) is 5.22. The van der Waals surface area contributed by atoms with Gasteiger partial charge in [-0.1, -0.05) is 23.2 Å². The summed E-state index contributed by atoms with van der Waals surface area (Å²) < 4.78 is 11.0. The average Bonchev–Trinajstić information content (AvgIpc) is 2.94. The molecule has 3 aromatic rings. The van der Waals surface area contributed by atoms with Crippen LogP contribution in [0.4, 0.5) is 5.95 Å². The van der Waals surface area contributed by atoms with Gasteiger partial charge in [0.15, 0.2) is 5.75 Å². The molecule has 1 aromatic carbocycles. The Bertz CT molecular complexity index is 1300. The van der Waals surface area contributed by atoms with Gasteiger partial charge < -0.3 is 20.1 Å². The van der Waals surface area contributed by atoms with Gasteiger partial charge in [0, 0.05) is 53.8 Å². The molecule has 2 N–H and O–H groups in total. The van der Waals surface area contributed by atoms with Crippen molar-refractivity contribution in [2.75, 3.05) is 38.2 Å². The van der Waals surface area contributed by atoms with E-state index >= 15 is 0 Å². The summed E-state index contributed by atoms with van der Waals surface area (Å²) in [5, 5.41) is 1.07. The average molecular weight is 658 g/mol. The Morgan fingerprint density at radius 1 is 0.952 bits per heavy atom. The van der Waals surface area contributed by atoms with Gasteiger partial charge >= 0.3 is 5.97 Å². The van der Waals surface area contributed by atoms with Crippen LogP contribution in [0.3, 0.4) is 0 Å². The number of nitrogens with zero attached hydrogens (tertiary/aromatic N) is 5. The largest absolute Gasteiger partial charge is 0.469 e. The maximum Gasteiger partial charge on any atom is 0.305 e. The zero-order chi connectivity index (χ0) is 28.1. The van der Waals surface area contributed by atoms with Gasteiger partial charge in [0.1, 0.15) is 0 Å². The van der Waals surface area contributed by atoms with Crippen LogP contribution >= 0.6 is 48.0 Å². The normalized spacial score (nSPS) is 16.3. The Balaban J connectivity index is 0.00000242. The molecule has 2 aliphatic heterocycles. The molecule has 2 saturated heterocycles. The Morgan fingerprint density at radius 2 is 1.60 bits per heavy atom. The molecule has 9 nitrogen and oxygen atoms in total. The number of hydrogen-bond acceptors (Lipinski definition) is 9. The SMILES string of the molecule is COC(=O)CC1CCN(Cc2cc(Oc3cnc(N4CCC(N)CC4)nc3)nc(-c3cc(Cl)cc(Cl)c3)c2)CC1.Cl.Cl. The number of aromatic nitrogens is 3. The summed E-state index contributed by atoms with van der Waals surface area (Å²) in [6, 6.07) is 9.59. The molecule has 228 valence electrons. The second-order valence-electron chi connectivity index (χ2n) is 10.5. The molecule has 5 rings (SSSR count). The number of carbonyl (C=O) groups excluding carboxylic acids is 1. The summed E-state index contributed by atoms with van der Waals surface area (Å²) >= 11 is 12.6. The van der Waals surface area contributed by atoms with Gasteiger partial charge in [0.2, 0.25) is 11.8 Å². The van der Waals surface area contributed by atoms with E-state index in [0.29, 0.717) is 45.7 Å². The van der Waals surface area contributed by atoms with Crippen LogP contribution in [0.5, 0.6) is 11.6 Å². The number of ether oxygens (including phenoxy) is 2. The lowest BCUT2D eigenvalue weighted by molar-refractivity contribution is -0.142. The van der Waals surface area contributed by atoms with Crippen molar-refractivity contribution >= 4 is 59.9 Å². The number of carbonyl (C=O) groups is 1. The third kappa shape index (κ3) is 9.30. The minimum absolute atomic E-state index is 0. The second-order valence-corrected chi connectivity index (χ2v) is 11.4. The molecular formula is C29H36Cl4N6O3. The summed E-state index contributed by atoms with van der Waals surface area (Å²) in [4.78, 5) is 30.0. The number of likely N-dealkylation sites (tertiary alicyclic amines) is 1. The highest BCUT2D eigenvalue weighted by molar-refractivity contribution is 6.35. The van der Waals surface area contributed by atoms with E-state index in [-0.39, 0.29) is 36.8 Å². The number of nitrogens with two attached hydrogens (primary N) is 1. The molecule has 2 aromatic heterocycles. The van der Waals surface area contributed by atoms with E-state index in [9.17, 15) is 4.79 Å². The van der Waals surface area contributed by atoms with Crippen LogP contribution in [-0.4, -0.2) is 65.2 Å². The van der Waals surface area contributed by atoms with Crippen LogP contribution in [0.15, 0.2) is 42.7 Å². The fourth-order valence-corrected chi connectivity index (χ4v) is 5.75. The van der Waals surface area contributed by atoms with E-state index in [1.165, 1.54) is 7.11 Å². The van der Waals surface area contributed by atoms with Crippen LogP contribution < -0.4 is 15.4 Å². The van der Waals surface area contributed by atoms with Crippen molar-refractivity contribution in [3.05, 3.63) is 58.3 Å². The topological polar surface area (TPSA) is 107 Å². The van der Waals surface area contributed by atoms with Gasteiger partial charge in [0.25, 0.3) is 0 Å². The molecule has 4 heterocycles. The van der Waals surface area contributed by atoms with Gasteiger partial charge in [-0.2, -0.15) is 0 Å². The maximum atomic E-state index is 11.7. The van der Waals surface area contributed by atoms with Crippen molar-refractivity contribution < 1.29 is 14.3 Å². The van der Waals surface area contributed by atoms with Gasteiger partial charge in [-0.3, -0.25) is 9.69 Å². The van der Waals surface area contributed by atoms with E-state index in [1.807, 2.05) is 24.3 Å². The molecule has 0 atom stereocenters. The van der Waals surface area contributed by atoms with Crippen LogP contribution in [0, 0.1) is 5.92 Å². The van der Waals surface area contributed by atoms with Gasteiger partial charge in [0.05, 0.1) is 25.2 Å². The summed E-state index contributed by atoms with van der Waals surface area (Å²) in [6.45, 7) is 4.20. The van der Waals surface area contributed by atoms with Gasteiger partial charge in [-0.05, 0) is 74.5 Å². The maximum absolute atomic E-state index is 11.7. The lowest BCUT2D eigenvalue weighted by Crippen LogP contribution is -2.40. The van der Waals surface area contributed by atoms with E-state index in [0.717, 1.165) is 69.5 Å². The highest BCUT2D eigenvalue weighted by Crippen LogP contribution is 2.31. The van der Waals surface area contributed by atoms with Crippen LogP contribution in [0.2, 0.25) is 10.0 Å². The number of halogens is 4. The zero-order valence-corrected chi connectivity index (χ0v) is 26.5. The summed E-state index contributed by atoms with van der Waals surface area (Å²) in [6.07, 6.45) is 7.58. The lowest BCUT2D eigenvalue weighted by Gasteiger charge is -2.31. The molecule has 0 radical (unpaired) electrons. The fraction of sp³-hybridized carbons (Fsp3) is 0.448. The molecule has 0 bridgehead atoms. The number of piperidine rings is 2. The Morgan fingerprint density at radius 3 is 2.21 bits per heavy atom. The minimum Gasteiger partial charge on any atom is -0.469 e. The highest BCUT2D eigenvalue weighted by atomic mass is 35.5. The molecule has 2 fully saturated rings. The van der Waals surface area contributed by atoms with E-state index < -0.39 is 0 Å². The first-order chi connectivity index (χ1) is 19.3. The van der Waals surface area contributed by atoms with Crippen molar-refractivity contribution in [2.45, 2.75) is 44.7 Å². The van der Waals surface area contributed by atoms with Crippen molar-refractivity contribution in [1.29, 1.82) is 0 Å². The van der Waals surface area contributed by atoms with Gasteiger partial charge in [-0.25, -0.2) is 15.0 Å². The summed E-state index contributed by atoms with van der Waals surface area (Å²) in [5.41, 5.74) is 8.58. The molecule has 0 aliphatic carbocycles.